The Labute approximate surface area is 141 Å². The van der Waals surface area contributed by atoms with E-state index in [2.05, 4.69) is 13.2 Å². The third-order valence-corrected chi connectivity index (χ3v) is 3.61. The molecule has 0 aliphatic carbocycles. The van der Waals surface area contributed by atoms with Gasteiger partial charge >= 0.3 is 6.09 Å². The van der Waals surface area contributed by atoms with Crippen LogP contribution in [0.4, 0.5) is 4.79 Å². The fourth-order valence-corrected chi connectivity index (χ4v) is 2.79. The van der Waals surface area contributed by atoms with E-state index < -0.39 is 42.6 Å². The van der Waals surface area contributed by atoms with Gasteiger partial charge in [0.15, 0.2) is 12.1 Å². The fourth-order valence-electron chi connectivity index (χ4n) is 2.79. The number of hydrogen-bond acceptors (Lipinski definition) is 7. The van der Waals surface area contributed by atoms with E-state index in [9.17, 15) is 4.79 Å². The Morgan fingerprint density at radius 2 is 1.79 bits per heavy atom. The zero-order chi connectivity index (χ0) is 17.7. The molecule has 0 radical (unpaired) electrons. The molecule has 8 heteroatoms. The number of fused-ring (bicyclic) bond motifs is 1. The van der Waals surface area contributed by atoms with Crippen LogP contribution in [0, 0.1) is 0 Å². The highest BCUT2D eigenvalue weighted by molar-refractivity contribution is 5.64. The van der Waals surface area contributed by atoms with Gasteiger partial charge in [0.25, 0.3) is 0 Å². The van der Waals surface area contributed by atoms with Crippen molar-refractivity contribution in [3.8, 4) is 0 Å². The summed E-state index contributed by atoms with van der Waals surface area (Å²) in [5.41, 5.74) is 5.04. The lowest BCUT2D eigenvalue weighted by Gasteiger charge is -2.41. The largest absolute Gasteiger partial charge is 0.447 e. The SMILES string of the molecule is C=CCOC1O[C@H](COC(N)=O)[C@@H]2OC(C)(C)O[C@@H]2[C@H]1OCC=C. The second-order valence-electron chi connectivity index (χ2n) is 5.95. The second-order valence-corrected chi connectivity index (χ2v) is 5.95. The highest BCUT2D eigenvalue weighted by atomic mass is 16.8. The summed E-state index contributed by atoms with van der Waals surface area (Å²) in [5.74, 6) is -0.827. The van der Waals surface area contributed by atoms with Crippen molar-refractivity contribution in [2.75, 3.05) is 19.8 Å². The molecule has 8 nitrogen and oxygen atoms in total. The normalized spacial score (nSPS) is 34.3. The van der Waals surface area contributed by atoms with Crippen molar-refractivity contribution in [2.45, 2.75) is 50.3 Å². The molecule has 5 atom stereocenters. The van der Waals surface area contributed by atoms with Crippen molar-refractivity contribution in [1.29, 1.82) is 0 Å². The van der Waals surface area contributed by atoms with Crippen LogP contribution in [0.2, 0.25) is 0 Å². The van der Waals surface area contributed by atoms with Crippen LogP contribution >= 0.6 is 0 Å². The molecule has 2 aliphatic heterocycles. The molecular formula is C16H25NO7. The highest BCUT2D eigenvalue weighted by Crippen LogP contribution is 2.39. The lowest BCUT2D eigenvalue weighted by Crippen LogP contribution is -2.59. The smallest absolute Gasteiger partial charge is 0.404 e. The molecule has 2 saturated heterocycles. The third kappa shape index (κ3) is 4.55. The molecule has 0 aromatic carbocycles. The summed E-state index contributed by atoms with van der Waals surface area (Å²) in [6, 6.07) is 0. The molecule has 0 aromatic heterocycles. The van der Waals surface area contributed by atoms with Crippen LogP contribution in [0.15, 0.2) is 25.3 Å². The van der Waals surface area contributed by atoms with Gasteiger partial charge in [-0.1, -0.05) is 12.2 Å². The minimum absolute atomic E-state index is 0.0714. The summed E-state index contributed by atoms with van der Waals surface area (Å²) >= 11 is 0. The Balaban J connectivity index is 2.19. The number of rotatable bonds is 8. The summed E-state index contributed by atoms with van der Waals surface area (Å²) in [7, 11) is 0. The Morgan fingerprint density at radius 1 is 1.17 bits per heavy atom. The minimum Gasteiger partial charge on any atom is -0.447 e. The predicted octanol–water partition coefficient (Wildman–Crippen LogP) is 1.10. The van der Waals surface area contributed by atoms with E-state index in [4.69, 9.17) is 34.2 Å². The highest BCUT2D eigenvalue weighted by Gasteiger charge is 2.56. The topological polar surface area (TPSA) is 98.5 Å². The lowest BCUT2D eigenvalue weighted by molar-refractivity contribution is -0.286. The van der Waals surface area contributed by atoms with Gasteiger partial charge in [-0.15, -0.1) is 13.2 Å². The molecule has 0 bridgehead atoms. The number of ether oxygens (including phenoxy) is 6. The van der Waals surface area contributed by atoms with Gasteiger partial charge in [-0.05, 0) is 13.8 Å². The first-order valence-corrected chi connectivity index (χ1v) is 7.76. The van der Waals surface area contributed by atoms with Crippen molar-refractivity contribution < 1.29 is 33.2 Å². The second kappa shape index (κ2) is 8.09. The molecule has 24 heavy (non-hydrogen) atoms. The molecule has 2 heterocycles. The molecule has 0 saturated carbocycles. The molecule has 1 unspecified atom stereocenters. The molecular weight excluding hydrogens is 318 g/mol. The Bertz CT molecular complexity index is 467. The van der Waals surface area contributed by atoms with E-state index in [1.54, 1.807) is 26.0 Å². The van der Waals surface area contributed by atoms with Crippen LogP contribution < -0.4 is 5.73 Å². The van der Waals surface area contributed by atoms with Gasteiger partial charge in [0.2, 0.25) is 0 Å². The van der Waals surface area contributed by atoms with Gasteiger partial charge in [0, 0.05) is 0 Å². The third-order valence-electron chi connectivity index (χ3n) is 3.61. The maximum Gasteiger partial charge on any atom is 0.404 e. The first kappa shape index (κ1) is 18.9. The summed E-state index contributed by atoms with van der Waals surface area (Å²) in [6.07, 6.45) is -0.455. The molecule has 2 fully saturated rings. The van der Waals surface area contributed by atoms with Crippen LogP contribution in [0.1, 0.15) is 13.8 Å². The predicted molar refractivity (Wildman–Crippen MR) is 84.1 cm³/mol. The first-order valence-electron chi connectivity index (χ1n) is 7.76. The van der Waals surface area contributed by atoms with Crippen LogP contribution in [-0.2, 0) is 28.4 Å². The van der Waals surface area contributed by atoms with Gasteiger partial charge in [0.1, 0.15) is 31.0 Å². The van der Waals surface area contributed by atoms with E-state index in [0.29, 0.717) is 6.61 Å². The van der Waals surface area contributed by atoms with E-state index in [-0.39, 0.29) is 13.2 Å². The number of carbonyl (C=O) groups is 1. The van der Waals surface area contributed by atoms with E-state index >= 15 is 0 Å². The van der Waals surface area contributed by atoms with Crippen molar-refractivity contribution >= 4 is 6.09 Å². The standard InChI is InChI=1S/C16H25NO7/c1-5-7-19-13-12-11(23-16(3,4)24-12)10(9-21-15(17)18)22-14(13)20-8-6-2/h5-6,10-14H,1-2,7-9H2,3-4H3,(H2,17,18)/t10-,11+,12+,13-,14?/m1/s1. The van der Waals surface area contributed by atoms with Gasteiger partial charge < -0.3 is 34.2 Å². The average molecular weight is 343 g/mol. The molecule has 0 spiro atoms. The molecule has 2 aliphatic rings. The molecule has 2 N–H and O–H groups in total. The quantitative estimate of drug-likeness (QED) is 0.659. The van der Waals surface area contributed by atoms with Crippen LogP contribution in [0.5, 0.6) is 0 Å². The zero-order valence-electron chi connectivity index (χ0n) is 14.0. The summed E-state index contributed by atoms with van der Waals surface area (Å²) < 4.78 is 34.1. The van der Waals surface area contributed by atoms with Gasteiger partial charge in [-0.3, -0.25) is 0 Å². The first-order chi connectivity index (χ1) is 11.4. The maximum absolute atomic E-state index is 10.9. The van der Waals surface area contributed by atoms with Crippen molar-refractivity contribution in [1.82, 2.24) is 0 Å². The Hall–Kier alpha value is -1.45. The number of carbonyl (C=O) groups excluding carboxylic acids is 1. The van der Waals surface area contributed by atoms with Crippen molar-refractivity contribution in [3.63, 3.8) is 0 Å². The fraction of sp³-hybridized carbons (Fsp3) is 0.688. The maximum atomic E-state index is 10.9. The van der Waals surface area contributed by atoms with Gasteiger partial charge in [0.05, 0.1) is 13.2 Å². The van der Waals surface area contributed by atoms with Gasteiger partial charge in [-0.2, -0.15) is 0 Å². The number of hydrogen-bond donors (Lipinski definition) is 1. The van der Waals surface area contributed by atoms with Crippen LogP contribution in [0.3, 0.4) is 0 Å². The zero-order valence-corrected chi connectivity index (χ0v) is 14.0. The summed E-state index contributed by atoms with van der Waals surface area (Å²) in [5, 5.41) is 0. The Kier molecular flexibility index (Phi) is 6.36. The average Bonchev–Trinajstić information content (AvgIpc) is 2.84. The van der Waals surface area contributed by atoms with Crippen molar-refractivity contribution in [3.05, 3.63) is 25.3 Å². The lowest BCUT2D eigenvalue weighted by atomic mass is 9.99. The van der Waals surface area contributed by atoms with Crippen LogP contribution in [-0.4, -0.2) is 62.4 Å². The number of nitrogens with two attached hydrogens (primary N) is 1. The van der Waals surface area contributed by atoms with Crippen LogP contribution in [0.25, 0.3) is 0 Å². The van der Waals surface area contributed by atoms with Crippen molar-refractivity contribution in [2.24, 2.45) is 5.73 Å². The van der Waals surface area contributed by atoms with E-state index in [0.717, 1.165) is 0 Å². The molecule has 136 valence electrons. The number of primary amides is 1. The minimum atomic E-state index is -0.887. The van der Waals surface area contributed by atoms with E-state index in [1.807, 2.05) is 0 Å². The van der Waals surface area contributed by atoms with Gasteiger partial charge in [-0.25, -0.2) is 4.79 Å². The van der Waals surface area contributed by atoms with E-state index in [1.165, 1.54) is 0 Å². The monoisotopic (exact) mass is 343 g/mol. The summed E-state index contributed by atoms with van der Waals surface area (Å²) in [6.45, 7) is 11.4. The number of amides is 1. The molecule has 2 rings (SSSR count). The summed E-state index contributed by atoms with van der Waals surface area (Å²) in [4.78, 5) is 10.9. The Morgan fingerprint density at radius 3 is 2.42 bits per heavy atom. The molecule has 1 amide bonds. The molecule has 0 aromatic rings.